The van der Waals surface area contributed by atoms with Gasteiger partial charge in [-0.1, -0.05) is 0 Å². The fourth-order valence-corrected chi connectivity index (χ4v) is 0.981. The molecule has 0 aliphatic heterocycles. The third-order valence-electron chi connectivity index (χ3n) is 1.53. The fourth-order valence-electron chi connectivity index (χ4n) is 0.981. The molecule has 0 amide bonds. The van der Waals surface area contributed by atoms with Gasteiger partial charge in [0.1, 0.15) is 0 Å². The summed E-state index contributed by atoms with van der Waals surface area (Å²) in [4.78, 5) is 3.86. The van der Waals surface area contributed by atoms with Crippen molar-refractivity contribution in [1.82, 2.24) is 14.8 Å². The van der Waals surface area contributed by atoms with Crippen molar-refractivity contribution in [3.8, 4) is 11.6 Å². The maximum Gasteiger partial charge on any atom is 0.214 e. The average molecular weight is 161 g/mol. The van der Waals surface area contributed by atoms with Crippen molar-refractivity contribution in [3.05, 3.63) is 36.8 Å². The molecule has 0 radical (unpaired) electrons. The third kappa shape index (κ3) is 1.03. The molecule has 4 heteroatoms. The Bertz CT molecular complexity index is 369. The Morgan fingerprint density at radius 3 is 2.42 bits per heavy atom. The number of nitrogens with zero attached hydrogens (tertiary/aromatic N) is 3. The van der Waals surface area contributed by atoms with E-state index in [0.717, 1.165) is 5.69 Å². The average Bonchev–Trinajstić information content (AvgIpc) is 2.53. The smallest absolute Gasteiger partial charge is 0.214 e. The predicted octanol–water partition coefficient (Wildman–Crippen LogP) is 0.973. The number of hydrogen-bond acceptors (Lipinski definition) is 3. The molecule has 0 fully saturated rings. The van der Waals surface area contributed by atoms with Crippen molar-refractivity contribution < 1.29 is 5.11 Å². The zero-order chi connectivity index (χ0) is 8.39. The largest absolute Gasteiger partial charge is 0.493 e. The molecule has 1 N–H and O–H groups in total. The van der Waals surface area contributed by atoms with Gasteiger partial charge in [0.25, 0.3) is 0 Å². The van der Waals surface area contributed by atoms with E-state index in [1.807, 2.05) is 0 Å². The van der Waals surface area contributed by atoms with Gasteiger partial charge < -0.3 is 5.11 Å². The molecule has 0 unspecified atom stereocenters. The highest BCUT2D eigenvalue weighted by Gasteiger charge is 2.00. The lowest BCUT2D eigenvalue weighted by Crippen LogP contribution is -1.94. The molecule has 0 saturated carbocycles. The van der Waals surface area contributed by atoms with Crippen LogP contribution in [-0.2, 0) is 0 Å². The lowest BCUT2D eigenvalue weighted by Gasteiger charge is -2.00. The van der Waals surface area contributed by atoms with Crippen molar-refractivity contribution in [3.63, 3.8) is 0 Å². The van der Waals surface area contributed by atoms with Gasteiger partial charge in [0.05, 0.1) is 11.9 Å². The van der Waals surface area contributed by atoms with E-state index in [-0.39, 0.29) is 5.88 Å². The number of aromatic nitrogens is 3. The molecule has 4 nitrogen and oxygen atoms in total. The molecular weight excluding hydrogens is 154 g/mol. The summed E-state index contributed by atoms with van der Waals surface area (Å²) in [5, 5.41) is 13.2. The van der Waals surface area contributed by atoms with Crippen LogP contribution in [0.1, 0.15) is 0 Å². The molecular formula is C8H7N3O. The number of pyridine rings is 1. The van der Waals surface area contributed by atoms with Gasteiger partial charge in [0.2, 0.25) is 5.88 Å². The number of aromatic hydroxyl groups is 1. The molecule has 0 aliphatic carbocycles. The minimum atomic E-state index is 0.126. The van der Waals surface area contributed by atoms with E-state index in [0.29, 0.717) is 0 Å². The van der Waals surface area contributed by atoms with Crippen LogP contribution in [0.15, 0.2) is 36.8 Å². The van der Waals surface area contributed by atoms with Crippen molar-refractivity contribution in [2.75, 3.05) is 0 Å². The molecule has 2 heterocycles. The zero-order valence-corrected chi connectivity index (χ0v) is 6.25. The number of hydrogen-bond donors (Lipinski definition) is 1. The first-order valence-electron chi connectivity index (χ1n) is 3.51. The quantitative estimate of drug-likeness (QED) is 0.678. The van der Waals surface area contributed by atoms with Crippen LogP contribution in [0.5, 0.6) is 5.88 Å². The van der Waals surface area contributed by atoms with Gasteiger partial charge in [-0.25, -0.2) is 4.68 Å². The van der Waals surface area contributed by atoms with E-state index in [1.54, 1.807) is 24.5 Å². The van der Waals surface area contributed by atoms with Crippen LogP contribution in [0.2, 0.25) is 0 Å². The number of rotatable bonds is 1. The topological polar surface area (TPSA) is 50.9 Å². The van der Waals surface area contributed by atoms with Crippen molar-refractivity contribution >= 4 is 0 Å². The Morgan fingerprint density at radius 1 is 1.08 bits per heavy atom. The summed E-state index contributed by atoms with van der Waals surface area (Å²) in [6, 6.07) is 5.07. The summed E-state index contributed by atoms with van der Waals surface area (Å²) in [5.41, 5.74) is 0.799. The minimum Gasteiger partial charge on any atom is -0.493 e. The first kappa shape index (κ1) is 6.84. The fraction of sp³-hybridized carbons (Fsp3) is 0. The van der Waals surface area contributed by atoms with Gasteiger partial charge in [-0.2, -0.15) is 5.10 Å². The van der Waals surface area contributed by atoms with Gasteiger partial charge in [0.15, 0.2) is 0 Å². The third-order valence-corrected chi connectivity index (χ3v) is 1.53. The standard InChI is InChI=1S/C8H7N3O/c12-8-3-6-10-11(8)7-1-4-9-5-2-7/h1-6,12H. The Kier molecular flexibility index (Phi) is 1.51. The molecule has 2 aromatic heterocycles. The molecule has 0 spiro atoms. The van der Waals surface area contributed by atoms with Gasteiger partial charge >= 0.3 is 0 Å². The molecule has 2 rings (SSSR count). The summed E-state index contributed by atoms with van der Waals surface area (Å²) in [7, 11) is 0. The molecule has 0 aromatic carbocycles. The zero-order valence-electron chi connectivity index (χ0n) is 6.25. The molecule has 0 saturated heterocycles. The van der Waals surface area contributed by atoms with Gasteiger partial charge in [0, 0.05) is 18.5 Å². The van der Waals surface area contributed by atoms with E-state index in [9.17, 15) is 5.11 Å². The molecule has 0 bridgehead atoms. The summed E-state index contributed by atoms with van der Waals surface area (Å²) in [6.07, 6.45) is 4.84. The van der Waals surface area contributed by atoms with Crippen LogP contribution in [-0.4, -0.2) is 19.9 Å². The van der Waals surface area contributed by atoms with Gasteiger partial charge in [-0.3, -0.25) is 4.98 Å². The predicted molar refractivity (Wildman–Crippen MR) is 43.0 cm³/mol. The first-order chi connectivity index (χ1) is 5.88. The highest BCUT2D eigenvalue weighted by atomic mass is 16.3. The maximum absolute atomic E-state index is 9.28. The van der Waals surface area contributed by atoms with Crippen LogP contribution in [0.3, 0.4) is 0 Å². The van der Waals surface area contributed by atoms with Crippen molar-refractivity contribution in [1.29, 1.82) is 0 Å². The highest BCUT2D eigenvalue weighted by molar-refractivity contribution is 5.31. The Hall–Kier alpha value is -1.84. The summed E-state index contributed by atoms with van der Waals surface area (Å²) >= 11 is 0. The lowest BCUT2D eigenvalue weighted by molar-refractivity contribution is 0.433. The van der Waals surface area contributed by atoms with E-state index in [4.69, 9.17) is 0 Å². The second kappa shape index (κ2) is 2.65. The van der Waals surface area contributed by atoms with Crippen LogP contribution in [0.25, 0.3) is 5.69 Å². The summed E-state index contributed by atoms with van der Waals surface area (Å²) < 4.78 is 1.43. The normalized spacial score (nSPS) is 10.0. The van der Waals surface area contributed by atoms with Crippen LogP contribution < -0.4 is 0 Å². The second-order valence-electron chi connectivity index (χ2n) is 2.31. The molecule has 2 aromatic rings. The monoisotopic (exact) mass is 161 g/mol. The first-order valence-corrected chi connectivity index (χ1v) is 3.51. The molecule has 60 valence electrons. The van der Waals surface area contributed by atoms with E-state index in [2.05, 4.69) is 10.1 Å². The molecule has 12 heavy (non-hydrogen) atoms. The van der Waals surface area contributed by atoms with Crippen LogP contribution in [0, 0.1) is 0 Å². The highest BCUT2D eigenvalue weighted by Crippen LogP contribution is 2.13. The van der Waals surface area contributed by atoms with E-state index in [1.165, 1.54) is 16.9 Å². The Balaban J connectivity index is 2.51. The van der Waals surface area contributed by atoms with Gasteiger partial charge in [-0.15, -0.1) is 0 Å². The maximum atomic E-state index is 9.28. The van der Waals surface area contributed by atoms with Crippen molar-refractivity contribution in [2.45, 2.75) is 0 Å². The van der Waals surface area contributed by atoms with Crippen molar-refractivity contribution in [2.24, 2.45) is 0 Å². The van der Waals surface area contributed by atoms with Crippen LogP contribution in [0.4, 0.5) is 0 Å². The Morgan fingerprint density at radius 2 is 1.83 bits per heavy atom. The van der Waals surface area contributed by atoms with E-state index >= 15 is 0 Å². The van der Waals surface area contributed by atoms with E-state index < -0.39 is 0 Å². The molecule has 0 aliphatic rings. The SMILES string of the molecule is Oc1ccnn1-c1ccncc1. The molecule has 0 atom stereocenters. The Labute approximate surface area is 69.1 Å². The summed E-state index contributed by atoms with van der Waals surface area (Å²) in [5.74, 6) is 0.126. The minimum absolute atomic E-state index is 0.126. The summed E-state index contributed by atoms with van der Waals surface area (Å²) in [6.45, 7) is 0. The van der Waals surface area contributed by atoms with Gasteiger partial charge in [-0.05, 0) is 12.1 Å². The second-order valence-corrected chi connectivity index (χ2v) is 2.31. The lowest BCUT2D eigenvalue weighted by atomic mass is 10.4. The van der Waals surface area contributed by atoms with Crippen LogP contribution >= 0.6 is 0 Å².